The molecule has 130 valence electrons. The van der Waals surface area contributed by atoms with Crippen LogP contribution in [0.3, 0.4) is 0 Å². The number of aromatic carboxylic acids is 1. The van der Waals surface area contributed by atoms with Crippen molar-refractivity contribution in [3.8, 4) is 0 Å². The standard InChI is InChI=1S/C20H21NO4/c1-11-6-5-7-12(2)18(11)21-19(23)17(22)10-16-13(3)8-15(20(24)25)9-14(16)4/h5-9H,10H2,1-4H3,(H,21,23)(H,24,25). The van der Waals surface area contributed by atoms with E-state index in [4.69, 9.17) is 5.11 Å². The number of hydrogen-bond acceptors (Lipinski definition) is 3. The van der Waals surface area contributed by atoms with Crippen LogP contribution in [-0.4, -0.2) is 22.8 Å². The van der Waals surface area contributed by atoms with Crippen LogP contribution in [-0.2, 0) is 16.0 Å². The molecule has 0 unspecified atom stereocenters. The molecule has 0 spiro atoms. The Morgan fingerprint density at radius 2 is 1.44 bits per heavy atom. The van der Waals surface area contributed by atoms with Gasteiger partial charge in [-0.2, -0.15) is 0 Å². The van der Waals surface area contributed by atoms with E-state index in [1.54, 1.807) is 13.8 Å². The number of carboxylic acids is 1. The number of rotatable bonds is 5. The van der Waals surface area contributed by atoms with Crippen LogP contribution in [0.2, 0.25) is 0 Å². The first kappa shape index (κ1) is 18.4. The fourth-order valence-electron chi connectivity index (χ4n) is 2.83. The summed E-state index contributed by atoms with van der Waals surface area (Å²) in [6.45, 7) is 7.22. The van der Waals surface area contributed by atoms with Crippen molar-refractivity contribution >= 4 is 23.3 Å². The van der Waals surface area contributed by atoms with Gasteiger partial charge in [-0.3, -0.25) is 9.59 Å². The van der Waals surface area contributed by atoms with Gasteiger partial charge in [0.25, 0.3) is 5.91 Å². The van der Waals surface area contributed by atoms with E-state index in [1.807, 2.05) is 32.0 Å². The highest BCUT2D eigenvalue weighted by atomic mass is 16.4. The Hall–Kier alpha value is -2.95. The Bertz CT molecular complexity index is 825. The molecule has 2 rings (SSSR count). The maximum absolute atomic E-state index is 12.3. The molecule has 1 amide bonds. The lowest BCUT2D eigenvalue weighted by Gasteiger charge is -2.13. The molecule has 0 aliphatic rings. The third-order valence-electron chi connectivity index (χ3n) is 4.25. The highest BCUT2D eigenvalue weighted by molar-refractivity contribution is 6.41. The van der Waals surface area contributed by atoms with Crippen molar-refractivity contribution in [3.05, 3.63) is 63.7 Å². The smallest absolute Gasteiger partial charge is 0.335 e. The maximum atomic E-state index is 12.3. The number of carbonyl (C=O) groups excluding carboxylic acids is 2. The van der Waals surface area contributed by atoms with E-state index in [0.29, 0.717) is 22.4 Å². The van der Waals surface area contributed by atoms with Gasteiger partial charge in [-0.1, -0.05) is 18.2 Å². The van der Waals surface area contributed by atoms with Gasteiger partial charge in [0.2, 0.25) is 5.78 Å². The predicted molar refractivity (Wildman–Crippen MR) is 96.1 cm³/mol. The van der Waals surface area contributed by atoms with E-state index in [2.05, 4.69) is 5.32 Å². The predicted octanol–water partition coefficient (Wildman–Crippen LogP) is 3.37. The van der Waals surface area contributed by atoms with E-state index in [0.717, 1.165) is 11.1 Å². The number of para-hydroxylation sites is 1. The third kappa shape index (κ3) is 4.12. The summed E-state index contributed by atoms with van der Waals surface area (Å²) in [5, 5.41) is 11.8. The molecule has 2 N–H and O–H groups in total. The number of Topliss-reactive ketones (excluding diaryl/α,β-unsaturated/α-hetero) is 1. The summed E-state index contributed by atoms with van der Waals surface area (Å²) in [6, 6.07) is 8.65. The number of anilines is 1. The molecule has 0 aliphatic carbocycles. The Morgan fingerprint density at radius 1 is 0.920 bits per heavy atom. The van der Waals surface area contributed by atoms with Crippen molar-refractivity contribution in [2.45, 2.75) is 34.1 Å². The summed E-state index contributed by atoms with van der Waals surface area (Å²) in [5.41, 5.74) is 4.66. The van der Waals surface area contributed by atoms with E-state index in [9.17, 15) is 14.4 Å². The topological polar surface area (TPSA) is 83.5 Å². The first-order valence-electron chi connectivity index (χ1n) is 7.94. The first-order valence-corrected chi connectivity index (χ1v) is 7.94. The SMILES string of the molecule is Cc1cc(C(=O)O)cc(C)c1CC(=O)C(=O)Nc1c(C)cccc1C. The lowest BCUT2D eigenvalue weighted by atomic mass is 9.95. The lowest BCUT2D eigenvalue weighted by molar-refractivity contribution is -0.134. The van der Waals surface area contributed by atoms with Gasteiger partial charge in [0.1, 0.15) is 0 Å². The zero-order chi connectivity index (χ0) is 18.7. The molecule has 0 radical (unpaired) electrons. The second-order valence-corrected chi connectivity index (χ2v) is 6.21. The molecule has 2 aromatic rings. The van der Waals surface area contributed by atoms with Crippen LogP contribution < -0.4 is 5.32 Å². The molecule has 0 heterocycles. The van der Waals surface area contributed by atoms with Crippen molar-refractivity contribution in [2.75, 3.05) is 5.32 Å². The first-order chi connectivity index (χ1) is 11.7. The molecule has 0 fully saturated rings. The normalized spacial score (nSPS) is 10.4. The number of carboxylic acid groups (broad SMARTS) is 1. The Balaban J connectivity index is 2.20. The molecule has 5 nitrogen and oxygen atoms in total. The number of aryl methyl sites for hydroxylation is 4. The van der Waals surface area contributed by atoms with Gasteiger partial charge in [-0.05, 0) is 67.6 Å². The summed E-state index contributed by atoms with van der Waals surface area (Å²) in [7, 11) is 0. The van der Waals surface area contributed by atoms with Crippen molar-refractivity contribution in [2.24, 2.45) is 0 Å². The van der Waals surface area contributed by atoms with Crippen molar-refractivity contribution in [1.29, 1.82) is 0 Å². The van der Waals surface area contributed by atoms with Crippen LogP contribution >= 0.6 is 0 Å². The fraction of sp³-hybridized carbons (Fsp3) is 0.250. The van der Waals surface area contributed by atoms with E-state index in [1.165, 1.54) is 12.1 Å². The van der Waals surface area contributed by atoms with E-state index in [-0.39, 0.29) is 12.0 Å². The fourth-order valence-corrected chi connectivity index (χ4v) is 2.83. The number of amides is 1. The Morgan fingerprint density at radius 3 is 1.92 bits per heavy atom. The van der Waals surface area contributed by atoms with Crippen LogP contribution in [0.15, 0.2) is 30.3 Å². The number of hydrogen-bond donors (Lipinski definition) is 2. The highest BCUT2D eigenvalue weighted by Crippen LogP contribution is 2.21. The van der Waals surface area contributed by atoms with Gasteiger partial charge in [0.15, 0.2) is 0 Å². The van der Waals surface area contributed by atoms with Gasteiger partial charge in [-0.15, -0.1) is 0 Å². The molecule has 5 heteroatoms. The summed E-state index contributed by atoms with van der Waals surface area (Å²) >= 11 is 0. The van der Waals surface area contributed by atoms with Gasteiger partial charge in [-0.25, -0.2) is 4.79 Å². The molecular formula is C20H21NO4. The molecule has 0 atom stereocenters. The number of nitrogens with one attached hydrogen (secondary N) is 1. The minimum Gasteiger partial charge on any atom is -0.478 e. The van der Waals surface area contributed by atoms with Crippen molar-refractivity contribution in [3.63, 3.8) is 0 Å². The van der Waals surface area contributed by atoms with Gasteiger partial charge < -0.3 is 10.4 Å². The summed E-state index contributed by atoms with van der Waals surface area (Å²) in [4.78, 5) is 35.7. The minimum atomic E-state index is -1.02. The molecule has 0 bridgehead atoms. The summed E-state index contributed by atoms with van der Waals surface area (Å²) in [5.74, 6) is -2.24. The molecule has 0 saturated heterocycles. The zero-order valence-corrected chi connectivity index (χ0v) is 14.8. The molecule has 0 saturated carbocycles. The van der Waals surface area contributed by atoms with Crippen molar-refractivity contribution in [1.82, 2.24) is 0 Å². The second-order valence-electron chi connectivity index (χ2n) is 6.21. The van der Waals surface area contributed by atoms with Crippen LogP contribution in [0, 0.1) is 27.7 Å². The third-order valence-corrected chi connectivity index (χ3v) is 4.25. The van der Waals surface area contributed by atoms with Gasteiger partial charge in [0.05, 0.1) is 5.56 Å². The summed E-state index contributed by atoms with van der Waals surface area (Å²) < 4.78 is 0. The number of benzene rings is 2. The molecule has 25 heavy (non-hydrogen) atoms. The van der Waals surface area contributed by atoms with Crippen LogP contribution in [0.25, 0.3) is 0 Å². The summed E-state index contributed by atoms with van der Waals surface area (Å²) in [6.07, 6.45) is -0.0612. The van der Waals surface area contributed by atoms with Crippen molar-refractivity contribution < 1.29 is 19.5 Å². The zero-order valence-electron chi connectivity index (χ0n) is 14.8. The maximum Gasteiger partial charge on any atom is 0.335 e. The lowest BCUT2D eigenvalue weighted by Crippen LogP contribution is -2.26. The largest absolute Gasteiger partial charge is 0.478 e. The number of carbonyl (C=O) groups is 3. The number of ketones is 1. The molecular weight excluding hydrogens is 318 g/mol. The van der Waals surface area contributed by atoms with E-state index < -0.39 is 17.7 Å². The molecule has 0 aromatic heterocycles. The quantitative estimate of drug-likeness (QED) is 0.818. The average molecular weight is 339 g/mol. The minimum absolute atomic E-state index is 0.0612. The van der Waals surface area contributed by atoms with Gasteiger partial charge in [0, 0.05) is 12.1 Å². The average Bonchev–Trinajstić information content (AvgIpc) is 2.53. The highest BCUT2D eigenvalue weighted by Gasteiger charge is 2.19. The van der Waals surface area contributed by atoms with Crippen LogP contribution in [0.4, 0.5) is 5.69 Å². The molecule has 0 aliphatic heterocycles. The van der Waals surface area contributed by atoms with E-state index >= 15 is 0 Å². The van der Waals surface area contributed by atoms with Crippen LogP contribution in [0.1, 0.15) is 38.2 Å². The van der Waals surface area contributed by atoms with Gasteiger partial charge >= 0.3 is 5.97 Å². The Labute approximate surface area is 146 Å². The second kappa shape index (κ2) is 7.30. The Kier molecular flexibility index (Phi) is 5.37. The monoisotopic (exact) mass is 339 g/mol. The molecule has 2 aromatic carbocycles. The van der Waals surface area contributed by atoms with Crippen LogP contribution in [0.5, 0.6) is 0 Å².